The van der Waals surface area contributed by atoms with Crippen molar-refractivity contribution in [2.24, 2.45) is 0 Å². The molecule has 2 fully saturated rings. The van der Waals surface area contributed by atoms with E-state index in [1.165, 1.54) is 56.3 Å². The maximum atomic E-state index is 12.5. The van der Waals surface area contributed by atoms with Gasteiger partial charge in [-0.05, 0) is 45.6 Å². The Balaban J connectivity index is 1.63. The van der Waals surface area contributed by atoms with Gasteiger partial charge in [-0.2, -0.15) is 11.8 Å². The zero-order chi connectivity index (χ0) is 14.1. The average molecular weight is 291 g/mol. The van der Waals surface area contributed by atoms with Crippen LogP contribution in [0.1, 0.15) is 72.7 Å². The van der Waals surface area contributed by atoms with Gasteiger partial charge in [-0.3, -0.25) is 4.79 Å². The van der Waals surface area contributed by atoms with Crippen molar-refractivity contribution in [3.63, 3.8) is 0 Å². The highest BCUT2D eigenvalue weighted by Crippen LogP contribution is 2.38. The molecule has 3 rings (SSSR count). The normalized spacial score (nSPS) is 20.3. The first-order valence-corrected chi connectivity index (χ1v) is 9.05. The van der Waals surface area contributed by atoms with Gasteiger partial charge in [0.1, 0.15) is 0 Å². The lowest BCUT2D eigenvalue weighted by molar-refractivity contribution is 0.102. The highest BCUT2D eigenvalue weighted by molar-refractivity contribution is 8.00. The van der Waals surface area contributed by atoms with Gasteiger partial charge in [-0.25, -0.2) is 0 Å². The predicted molar refractivity (Wildman–Crippen MR) is 85.8 cm³/mol. The fourth-order valence-corrected chi connectivity index (χ4v) is 4.67. The number of ketones is 1. The van der Waals surface area contributed by atoms with Crippen molar-refractivity contribution in [3.05, 3.63) is 23.0 Å². The molecule has 0 N–H and O–H groups in total. The molecule has 0 unspecified atom stereocenters. The molecule has 0 spiro atoms. The second kappa shape index (κ2) is 5.97. The van der Waals surface area contributed by atoms with Crippen LogP contribution in [0.25, 0.3) is 0 Å². The summed E-state index contributed by atoms with van der Waals surface area (Å²) in [4.78, 5) is 12.5. The van der Waals surface area contributed by atoms with Crippen LogP contribution in [0.15, 0.2) is 6.07 Å². The summed E-state index contributed by atoms with van der Waals surface area (Å²) in [7, 11) is 0. The Hall–Kier alpha value is -0.700. The molecule has 20 heavy (non-hydrogen) atoms. The van der Waals surface area contributed by atoms with Gasteiger partial charge in [0.25, 0.3) is 0 Å². The summed E-state index contributed by atoms with van der Waals surface area (Å²) in [6, 6.07) is 2.78. The average Bonchev–Trinajstić information content (AvgIpc) is 3.23. The number of aryl methyl sites for hydroxylation is 1. The van der Waals surface area contributed by atoms with Gasteiger partial charge in [-0.15, -0.1) is 0 Å². The van der Waals surface area contributed by atoms with Gasteiger partial charge in [0.05, 0.1) is 5.75 Å². The number of aromatic nitrogens is 1. The van der Waals surface area contributed by atoms with E-state index in [2.05, 4.69) is 24.5 Å². The standard InChI is InChI=1S/C17H25NOS/c1-12-10-16(13(2)18(12)14-8-9-14)17(19)11-20-15-6-4-3-5-7-15/h10,14-15H,3-9,11H2,1-2H3. The number of hydrogen-bond donors (Lipinski definition) is 0. The maximum Gasteiger partial charge on any atom is 0.174 e. The number of carbonyl (C=O) groups is 1. The molecule has 0 atom stereocenters. The molecule has 0 aliphatic heterocycles. The van der Waals surface area contributed by atoms with Crippen LogP contribution in [0.5, 0.6) is 0 Å². The van der Waals surface area contributed by atoms with E-state index >= 15 is 0 Å². The Morgan fingerprint density at radius 2 is 1.90 bits per heavy atom. The highest BCUT2D eigenvalue weighted by atomic mass is 32.2. The molecule has 2 nitrogen and oxygen atoms in total. The van der Waals surface area contributed by atoms with Crippen molar-refractivity contribution in [2.45, 2.75) is 70.1 Å². The minimum Gasteiger partial charge on any atom is -0.345 e. The summed E-state index contributed by atoms with van der Waals surface area (Å²) in [6.07, 6.45) is 9.25. The Morgan fingerprint density at radius 1 is 1.20 bits per heavy atom. The minimum atomic E-state index is 0.334. The zero-order valence-corrected chi connectivity index (χ0v) is 13.5. The molecule has 0 aromatic carbocycles. The summed E-state index contributed by atoms with van der Waals surface area (Å²) in [5.74, 6) is 1.00. The fourth-order valence-electron chi connectivity index (χ4n) is 3.46. The third kappa shape index (κ3) is 2.98. The second-order valence-electron chi connectivity index (χ2n) is 6.38. The summed E-state index contributed by atoms with van der Waals surface area (Å²) in [5, 5.41) is 0.722. The molecule has 2 aliphatic rings. The first-order valence-electron chi connectivity index (χ1n) is 8.00. The van der Waals surface area contributed by atoms with Crippen LogP contribution in [0, 0.1) is 13.8 Å². The number of carbonyl (C=O) groups excluding carboxylic acids is 1. The monoisotopic (exact) mass is 291 g/mol. The number of thioether (sulfide) groups is 1. The molecule has 0 bridgehead atoms. The van der Waals surface area contributed by atoms with E-state index in [-0.39, 0.29) is 0 Å². The topological polar surface area (TPSA) is 22.0 Å². The van der Waals surface area contributed by atoms with Gasteiger partial charge in [0, 0.05) is 28.2 Å². The highest BCUT2D eigenvalue weighted by Gasteiger charge is 2.28. The van der Waals surface area contributed by atoms with Gasteiger partial charge in [0.2, 0.25) is 0 Å². The van der Waals surface area contributed by atoms with Crippen LogP contribution in [-0.2, 0) is 0 Å². The molecule has 1 heterocycles. The minimum absolute atomic E-state index is 0.334. The molecule has 1 aromatic heterocycles. The van der Waals surface area contributed by atoms with Crippen LogP contribution < -0.4 is 0 Å². The van der Waals surface area contributed by atoms with Crippen molar-refractivity contribution < 1.29 is 4.79 Å². The van der Waals surface area contributed by atoms with E-state index in [1.54, 1.807) is 0 Å². The number of nitrogens with zero attached hydrogens (tertiary/aromatic N) is 1. The van der Waals surface area contributed by atoms with E-state index < -0.39 is 0 Å². The van der Waals surface area contributed by atoms with Gasteiger partial charge in [0.15, 0.2) is 5.78 Å². The van der Waals surface area contributed by atoms with E-state index in [0.717, 1.165) is 10.8 Å². The van der Waals surface area contributed by atoms with Crippen LogP contribution in [-0.4, -0.2) is 21.4 Å². The molecule has 2 aliphatic carbocycles. The largest absolute Gasteiger partial charge is 0.345 e. The fraction of sp³-hybridized carbons (Fsp3) is 0.706. The smallest absolute Gasteiger partial charge is 0.174 e. The summed E-state index contributed by atoms with van der Waals surface area (Å²) in [5.41, 5.74) is 3.42. The van der Waals surface area contributed by atoms with Crippen LogP contribution in [0.2, 0.25) is 0 Å². The Morgan fingerprint density at radius 3 is 2.55 bits per heavy atom. The SMILES string of the molecule is Cc1cc(C(=O)CSC2CCCCC2)c(C)n1C1CC1. The van der Waals surface area contributed by atoms with E-state index in [4.69, 9.17) is 0 Å². The Bertz CT molecular complexity index is 495. The van der Waals surface area contributed by atoms with Crippen molar-refractivity contribution in [1.29, 1.82) is 0 Å². The molecule has 3 heteroatoms. The zero-order valence-electron chi connectivity index (χ0n) is 12.7. The first-order chi connectivity index (χ1) is 9.66. The predicted octanol–water partition coefficient (Wildman–Crippen LogP) is 4.69. The molecular weight excluding hydrogens is 266 g/mol. The lowest BCUT2D eigenvalue weighted by atomic mass is 10.0. The molecule has 0 radical (unpaired) electrons. The van der Waals surface area contributed by atoms with Gasteiger partial charge >= 0.3 is 0 Å². The first kappa shape index (κ1) is 14.2. The van der Waals surface area contributed by atoms with Gasteiger partial charge in [-0.1, -0.05) is 19.3 Å². The number of hydrogen-bond acceptors (Lipinski definition) is 2. The van der Waals surface area contributed by atoms with E-state index in [0.29, 0.717) is 17.6 Å². The molecule has 2 saturated carbocycles. The number of Topliss-reactive ketones (excluding diaryl/α,β-unsaturated/α-hetero) is 1. The molecular formula is C17H25NOS. The Labute approximate surface area is 126 Å². The van der Waals surface area contributed by atoms with Crippen molar-refractivity contribution in [1.82, 2.24) is 4.57 Å². The lowest BCUT2D eigenvalue weighted by Crippen LogP contribution is -2.12. The number of rotatable bonds is 5. The van der Waals surface area contributed by atoms with E-state index in [1.807, 2.05) is 11.8 Å². The van der Waals surface area contributed by atoms with Crippen molar-refractivity contribution >= 4 is 17.5 Å². The van der Waals surface area contributed by atoms with Gasteiger partial charge < -0.3 is 4.57 Å². The maximum absolute atomic E-state index is 12.5. The second-order valence-corrected chi connectivity index (χ2v) is 7.67. The van der Waals surface area contributed by atoms with Crippen molar-refractivity contribution in [3.8, 4) is 0 Å². The third-order valence-corrected chi connectivity index (χ3v) is 6.07. The van der Waals surface area contributed by atoms with Crippen molar-refractivity contribution in [2.75, 3.05) is 5.75 Å². The van der Waals surface area contributed by atoms with E-state index in [9.17, 15) is 4.79 Å². The summed E-state index contributed by atoms with van der Waals surface area (Å²) in [6.45, 7) is 4.25. The molecule has 0 amide bonds. The summed E-state index contributed by atoms with van der Waals surface area (Å²) < 4.78 is 2.37. The third-order valence-electron chi connectivity index (χ3n) is 4.70. The molecule has 1 aromatic rings. The Kier molecular flexibility index (Phi) is 4.25. The lowest BCUT2D eigenvalue weighted by Gasteiger charge is -2.20. The van der Waals surface area contributed by atoms with Crippen LogP contribution in [0.4, 0.5) is 0 Å². The molecule has 0 saturated heterocycles. The molecule has 110 valence electrons. The van der Waals surface area contributed by atoms with Crippen LogP contribution >= 0.6 is 11.8 Å². The summed E-state index contributed by atoms with van der Waals surface area (Å²) >= 11 is 1.89. The van der Waals surface area contributed by atoms with Crippen LogP contribution in [0.3, 0.4) is 0 Å². The quantitative estimate of drug-likeness (QED) is 0.734.